The van der Waals surface area contributed by atoms with E-state index in [1.165, 1.54) is 5.56 Å². The number of carbonyl (C=O) groups is 1. The first kappa shape index (κ1) is 16.9. The molecule has 0 radical (unpaired) electrons. The number of rotatable bonds is 3. The zero-order valence-electron chi connectivity index (χ0n) is 14.4. The number of carbonyl (C=O) groups excluding carboxylic acids is 1. The van der Waals surface area contributed by atoms with Crippen LogP contribution in [-0.2, 0) is 0 Å². The molecule has 0 spiro atoms. The van der Waals surface area contributed by atoms with Crippen LogP contribution < -0.4 is 0 Å². The lowest BCUT2D eigenvalue weighted by molar-refractivity contribution is 0.0713. The molecule has 0 aliphatic carbocycles. The molecule has 132 valence electrons. The Kier molecular flexibility index (Phi) is 4.76. The second-order valence-electron chi connectivity index (χ2n) is 6.60. The van der Waals surface area contributed by atoms with Gasteiger partial charge in [-0.15, -0.1) is 0 Å². The van der Waals surface area contributed by atoms with Gasteiger partial charge in [0.05, 0.1) is 22.5 Å². The number of halogens is 1. The first-order valence-electron chi connectivity index (χ1n) is 8.86. The Morgan fingerprint density at radius 2 is 1.69 bits per heavy atom. The zero-order chi connectivity index (χ0) is 17.9. The summed E-state index contributed by atoms with van der Waals surface area (Å²) in [7, 11) is 0. The average molecular weight is 366 g/mol. The van der Waals surface area contributed by atoms with Crippen LogP contribution in [0.4, 0.5) is 0 Å². The van der Waals surface area contributed by atoms with Crippen LogP contribution >= 0.6 is 11.6 Å². The van der Waals surface area contributed by atoms with Crippen molar-refractivity contribution in [2.75, 3.05) is 13.1 Å². The summed E-state index contributed by atoms with van der Waals surface area (Å²) in [5.41, 5.74) is 2.74. The highest BCUT2D eigenvalue weighted by Gasteiger charge is 2.25. The normalized spacial score (nSPS) is 15.2. The third-order valence-electron chi connectivity index (χ3n) is 4.98. The van der Waals surface area contributed by atoms with Crippen LogP contribution in [0, 0.1) is 0 Å². The third-order valence-corrected chi connectivity index (χ3v) is 5.30. The minimum Gasteiger partial charge on any atom is -0.339 e. The van der Waals surface area contributed by atoms with Crippen LogP contribution in [-0.4, -0.2) is 33.7 Å². The van der Waals surface area contributed by atoms with Crippen LogP contribution in [0.25, 0.3) is 5.69 Å². The molecule has 26 heavy (non-hydrogen) atoms. The molecule has 0 saturated carbocycles. The van der Waals surface area contributed by atoms with E-state index in [0.717, 1.165) is 31.6 Å². The molecule has 5 heteroatoms. The van der Waals surface area contributed by atoms with E-state index in [2.05, 4.69) is 29.4 Å². The van der Waals surface area contributed by atoms with Crippen molar-refractivity contribution in [3.63, 3.8) is 0 Å². The fraction of sp³-hybridized carbons (Fsp3) is 0.238. The monoisotopic (exact) mass is 365 g/mol. The number of hydrogen-bond acceptors (Lipinski definition) is 2. The van der Waals surface area contributed by atoms with Gasteiger partial charge in [0.15, 0.2) is 0 Å². The lowest BCUT2D eigenvalue weighted by Gasteiger charge is -2.32. The Morgan fingerprint density at radius 3 is 2.42 bits per heavy atom. The molecule has 1 saturated heterocycles. The number of nitrogens with zero attached hydrogens (tertiary/aromatic N) is 3. The van der Waals surface area contributed by atoms with Crippen molar-refractivity contribution in [1.29, 1.82) is 0 Å². The highest BCUT2D eigenvalue weighted by Crippen LogP contribution is 2.28. The molecule has 2 aromatic carbocycles. The molecule has 0 atom stereocenters. The zero-order valence-corrected chi connectivity index (χ0v) is 15.1. The number of piperidine rings is 1. The highest BCUT2D eigenvalue weighted by atomic mass is 35.5. The minimum absolute atomic E-state index is 0.0369. The van der Waals surface area contributed by atoms with Crippen molar-refractivity contribution in [1.82, 2.24) is 14.7 Å². The Bertz CT molecular complexity index is 898. The standard InChI is InChI=1S/C21H20ClN3O/c22-19-8-4-5-9-20(19)25-15-18(14-23-25)21(26)24-12-10-17(11-13-24)16-6-2-1-3-7-16/h1-9,14-15,17H,10-13H2. The van der Waals surface area contributed by atoms with Gasteiger partial charge in [-0.25, -0.2) is 4.68 Å². The number of amides is 1. The molecule has 1 aromatic heterocycles. The predicted octanol–water partition coefficient (Wildman–Crippen LogP) is 4.55. The highest BCUT2D eigenvalue weighted by molar-refractivity contribution is 6.32. The van der Waals surface area contributed by atoms with E-state index in [9.17, 15) is 4.79 Å². The van der Waals surface area contributed by atoms with Gasteiger partial charge in [-0.3, -0.25) is 4.79 Å². The summed E-state index contributed by atoms with van der Waals surface area (Å²) >= 11 is 6.21. The van der Waals surface area contributed by atoms with Crippen molar-refractivity contribution in [2.45, 2.75) is 18.8 Å². The van der Waals surface area contributed by atoms with Crippen LogP contribution in [0.15, 0.2) is 67.0 Å². The van der Waals surface area contributed by atoms with Crippen molar-refractivity contribution in [3.05, 3.63) is 83.1 Å². The van der Waals surface area contributed by atoms with Crippen molar-refractivity contribution in [3.8, 4) is 5.69 Å². The maximum atomic E-state index is 12.8. The van der Waals surface area contributed by atoms with Gasteiger partial charge in [0.2, 0.25) is 0 Å². The maximum absolute atomic E-state index is 12.8. The van der Waals surface area contributed by atoms with Gasteiger partial charge < -0.3 is 4.90 Å². The van der Waals surface area contributed by atoms with Crippen LogP contribution in [0.2, 0.25) is 5.02 Å². The van der Waals surface area contributed by atoms with Gasteiger partial charge in [0, 0.05) is 19.3 Å². The van der Waals surface area contributed by atoms with E-state index in [4.69, 9.17) is 11.6 Å². The molecule has 3 aromatic rings. The summed E-state index contributed by atoms with van der Waals surface area (Å²) in [5, 5.41) is 4.92. The predicted molar refractivity (Wildman–Crippen MR) is 103 cm³/mol. The number of hydrogen-bond donors (Lipinski definition) is 0. The average Bonchev–Trinajstić information content (AvgIpc) is 3.18. The second-order valence-corrected chi connectivity index (χ2v) is 7.01. The molecule has 1 aliphatic heterocycles. The van der Waals surface area contributed by atoms with E-state index in [1.54, 1.807) is 17.1 Å². The fourth-order valence-corrected chi connectivity index (χ4v) is 3.75. The molecule has 1 aliphatic rings. The lowest BCUT2D eigenvalue weighted by atomic mass is 9.89. The van der Waals surface area contributed by atoms with Crippen LogP contribution in [0.1, 0.15) is 34.7 Å². The van der Waals surface area contributed by atoms with E-state index >= 15 is 0 Å². The molecule has 1 amide bonds. The molecule has 0 N–H and O–H groups in total. The second kappa shape index (κ2) is 7.34. The first-order chi connectivity index (χ1) is 12.7. The van der Waals surface area contributed by atoms with Gasteiger partial charge in [-0.05, 0) is 36.5 Å². The summed E-state index contributed by atoms with van der Waals surface area (Å²) in [6.07, 6.45) is 5.37. The van der Waals surface area contributed by atoms with E-state index < -0.39 is 0 Å². The number of benzene rings is 2. The number of para-hydroxylation sites is 1. The third kappa shape index (κ3) is 3.37. The molecule has 4 nitrogen and oxygen atoms in total. The SMILES string of the molecule is O=C(c1cnn(-c2ccccc2Cl)c1)N1CCC(c2ccccc2)CC1. The molecule has 0 unspecified atom stereocenters. The van der Waals surface area contributed by atoms with E-state index in [0.29, 0.717) is 16.5 Å². The first-order valence-corrected chi connectivity index (χ1v) is 9.24. The van der Waals surface area contributed by atoms with E-state index in [1.807, 2.05) is 35.2 Å². The molecular weight excluding hydrogens is 346 g/mol. The summed E-state index contributed by atoms with van der Waals surface area (Å²) in [6.45, 7) is 1.55. The Morgan fingerprint density at radius 1 is 1.00 bits per heavy atom. The Hall–Kier alpha value is -2.59. The van der Waals surface area contributed by atoms with Gasteiger partial charge >= 0.3 is 0 Å². The molecular formula is C21H20ClN3O. The molecule has 4 rings (SSSR count). The largest absolute Gasteiger partial charge is 0.339 e. The number of likely N-dealkylation sites (tertiary alicyclic amines) is 1. The Labute approximate surface area is 158 Å². The van der Waals surface area contributed by atoms with Crippen molar-refractivity contribution in [2.24, 2.45) is 0 Å². The maximum Gasteiger partial charge on any atom is 0.257 e. The quantitative estimate of drug-likeness (QED) is 0.683. The van der Waals surface area contributed by atoms with Crippen LogP contribution in [0.5, 0.6) is 0 Å². The van der Waals surface area contributed by atoms with Crippen molar-refractivity contribution >= 4 is 17.5 Å². The van der Waals surface area contributed by atoms with E-state index in [-0.39, 0.29) is 5.91 Å². The van der Waals surface area contributed by atoms with Gasteiger partial charge in [0.25, 0.3) is 5.91 Å². The van der Waals surface area contributed by atoms with Crippen LogP contribution in [0.3, 0.4) is 0 Å². The van der Waals surface area contributed by atoms with Gasteiger partial charge in [-0.2, -0.15) is 5.10 Å². The molecule has 1 fully saturated rings. The van der Waals surface area contributed by atoms with Gasteiger partial charge in [-0.1, -0.05) is 54.1 Å². The summed E-state index contributed by atoms with van der Waals surface area (Å²) in [5.74, 6) is 0.570. The van der Waals surface area contributed by atoms with Crippen molar-refractivity contribution < 1.29 is 4.79 Å². The fourth-order valence-electron chi connectivity index (χ4n) is 3.53. The number of aromatic nitrogens is 2. The summed E-state index contributed by atoms with van der Waals surface area (Å²) in [6, 6.07) is 18.0. The lowest BCUT2D eigenvalue weighted by Crippen LogP contribution is -2.37. The molecule has 2 heterocycles. The Balaban J connectivity index is 1.44. The van der Waals surface area contributed by atoms with Gasteiger partial charge in [0.1, 0.15) is 0 Å². The summed E-state index contributed by atoms with van der Waals surface area (Å²) in [4.78, 5) is 14.7. The topological polar surface area (TPSA) is 38.1 Å². The smallest absolute Gasteiger partial charge is 0.257 e. The molecule has 0 bridgehead atoms. The summed E-state index contributed by atoms with van der Waals surface area (Å²) < 4.78 is 1.66. The minimum atomic E-state index is 0.0369.